The van der Waals surface area contributed by atoms with E-state index < -0.39 is 11.0 Å². The first kappa shape index (κ1) is 15.9. The van der Waals surface area contributed by atoms with Crippen LogP contribution in [-0.4, -0.2) is 34.1 Å². The van der Waals surface area contributed by atoms with Crippen molar-refractivity contribution in [3.05, 3.63) is 11.9 Å². The van der Waals surface area contributed by atoms with Gasteiger partial charge in [0, 0.05) is 32.5 Å². The predicted octanol–water partition coefficient (Wildman–Crippen LogP) is 1.29. The summed E-state index contributed by atoms with van der Waals surface area (Å²) in [5.41, 5.74) is 5.24. The molecule has 2 fully saturated rings. The second kappa shape index (κ2) is 6.28. The lowest BCUT2D eigenvalue weighted by Gasteiger charge is -2.33. The Kier molecular flexibility index (Phi) is 4.35. The van der Waals surface area contributed by atoms with Gasteiger partial charge in [-0.05, 0) is 12.8 Å². The van der Waals surface area contributed by atoms with Crippen LogP contribution in [0, 0.1) is 16.7 Å². The highest BCUT2D eigenvalue weighted by Gasteiger charge is 2.40. The molecule has 7 heteroatoms. The standard InChI is InChI=1S/C16H23N5O2/c17-12-16(6-8-23-9-7-16)21-11-13(19-20-21)10-15(14(18)22)4-2-1-3-5-15/h11H,1-10H2,(H2,18,22). The van der Waals surface area contributed by atoms with Gasteiger partial charge in [0.2, 0.25) is 5.91 Å². The molecule has 3 rings (SSSR count). The summed E-state index contributed by atoms with van der Waals surface area (Å²) in [5, 5.41) is 18.0. The van der Waals surface area contributed by atoms with Crippen LogP contribution >= 0.6 is 0 Å². The fourth-order valence-corrected chi connectivity index (χ4v) is 3.78. The van der Waals surface area contributed by atoms with Crippen molar-refractivity contribution in [2.24, 2.45) is 11.1 Å². The van der Waals surface area contributed by atoms with Gasteiger partial charge in [-0.25, -0.2) is 4.68 Å². The third-order valence-corrected chi connectivity index (χ3v) is 5.36. The molecule has 0 bridgehead atoms. The number of nitrogens with two attached hydrogens (primary N) is 1. The zero-order valence-corrected chi connectivity index (χ0v) is 13.3. The summed E-state index contributed by atoms with van der Waals surface area (Å²) in [6, 6.07) is 2.37. The normalized spacial score (nSPS) is 23.1. The van der Waals surface area contributed by atoms with Crippen LogP contribution in [0.3, 0.4) is 0 Å². The molecule has 1 aromatic rings. The molecule has 1 saturated carbocycles. The second-order valence-corrected chi connectivity index (χ2v) is 6.79. The summed E-state index contributed by atoms with van der Waals surface area (Å²) in [7, 11) is 0. The molecule has 1 amide bonds. The minimum Gasteiger partial charge on any atom is -0.381 e. The van der Waals surface area contributed by atoms with Crippen molar-refractivity contribution >= 4 is 5.91 Å². The van der Waals surface area contributed by atoms with Gasteiger partial charge in [-0.15, -0.1) is 5.10 Å². The first-order valence-electron chi connectivity index (χ1n) is 8.31. The monoisotopic (exact) mass is 317 g/mol. The highest BCUT2D eigenvalue weighted by molar-refractivity contribution is 5.81. The quantitative estimate of drug-likeness (QED) is 0.900. The molecule has 1 saturated heterocycles. The summed E-state index contributed by atoms with van der Waals surface area (Å²) < 4.78 is 7.01. The zero-order valence-electron chi connectivity index (χ0n) is 13.3. The summed E-state index contributed by atoms with van der Waals surface area (Å²) in [6.45, 7) is 1.10. The van der Waals surface area contributed by atoms with Crippen molar-refractivity contribution in [2.75, 3.05) is 13.2 Å². The minimum absolute atomic E-state index is 0.243. The van der Waals surface area contributed by atoms with Crippen LogP contribution in [0.1, 0.15) is 50.6 Å². The summed E-state index contributed by atoms with van der Waals surface area (Å²) >= 11 is 0. The van der Waals surface area contributed by atoms with Crippen molar-refractivity contribution in [1.29, 1.82) is 5.26 Å². The minimum atomic E-state index is -0.685. The van der Waals surface area contributed by atoms with Crippen LogP contribution in [0.2, 0.25) is 0 Å². The van der Waals surface area contributed by atoms with E-state index in [1.807, 2.05) is 6.20 Å². The Morgan fingerprint density at radius 2 is 2.00 bits per heavy atom. The van der Waals surface area contributed by atoms with Crippen molar-refractivity contribution in [3.63, 3.8) is 0 Å². The first-order chi connectivity index (χ1) is 11.1. The Morgan fingerprint density at radius 1 is 1.30 bits per heavy atom. The van der Waals surface area contributed by atoms with Gasteiger partial charge in [-0.1, -0.05) is 24.5 Å². The Balaban J connectivity index is 1.81. The molecule has 2 aliphatic rings. The van der Waals surface area contributed by atoms with Crippen LogP contribution in [0.25, 0.3) is 0 Å². The maximum atomic E-state index is 12.0. The number of nitriles is 1. The topological polar surface area (TPSA) is 107 Å². The van der Waals surface area contributed by atoms with Crippen LogP contribution in [0.5, 0.6) is 0 Å². The fourth-order valence-electron chi connectivity index (χ4n) is 3.78. The second-order valence-electron chi connectivity index (χ2n) is 6.79. The van der Waals surface area contributed by atoms with E-state index >= 15 is 0 Å². The lowest BCUT2D eigenvalue weighted by Crippen LogP contribution is -2.41. The van der Waals surface area contributed by atoms with E-state index in [9.17, 15) is 10.1 Å². The average molecular weight is 317 g/mol. The number of ether oxygens (including phenoxy) is 1. The molecule has 124 valence electrons. The molecular formula is C16H23N5O2. The first-order valence-corrected chi connectivity index (χ1v) is 8.31. The van der Waals surface area contributed by atoms with Gasteiger partial charge in [-0.2, -0.15) is 5.26 Å². The Labute approximate surface area is 135 Å². The van der Waals surface area contributed by atoms with Crippen molar-refractivity contribution in [1.82, 2.24) is 15.0 Å². The molecule has 1 aromatic heterocycles. The molecule has 0 spiro atoms. The maximum absolute atomic E-state index is 12.0. The van der Waals surface area contributed by atoms with Crippen molar-refractivity contribution in [3.8, 4) is 6.07 Å². The van der Waals surface area contributed by atoms with Crippen LogP contribution in [-0.2, 0) is 21.5 Å². The number of rotatable bonds is 4. The Hall–Kier alpha value is -1.94. The molecular weight excluding hydrogens is 294 g/mol. The smallest absolute Gasteiger partial charge is 0.224 e. The van der Waals surface area contributed by atoms with Gasteiger partial charge in [-0.3, -0.25) is 4.79 Å². The van der Waals surface area contributed by atoms with E-state index in [4.69, 9.17) is 10.5 Å². The van der Waals surface area contributed by atoms with Crippen molar-refractivity contribution < 1.29 is 9.53 Å². The number of carbonyl (C=O) groups is 1. The van der Waals surface area contributed by atoms with Gasteiger partial charge < -0.3 is 10.5 Å². The largest absolute Gasteiger partial charge is 0.381 e. The number of hydrogen-bond acceptors (Lipinski definition) is 5. The van der Waals surface area contributed by atoms with Crippen LogP contribution in [0.4, 0.5) is 0 Å². The van der Waals surface area contributed by atoms with E-state index in [1.165, 1.54) is 0 Å². The number of hydrogen-bond donors (Lipinski definition) is 1. The van der Waals surface area contributed by atoms with E-state index in [2.05, 4.69) is 16.4 Å². The number of nitrogens with zero attached hydrogens (tertiary/aromatic N) is 4. The fraction of sp³-hybridized carbons (Fsp3) is 0.750. The Bertz CT molecular complexity index is 606. The molecule has 2 N–H and O–H groups in total. The zero-order chi connectivity index (χ0) is 16.3. The van der Waals surface area contributed by atoms with Crippen LogP contribution < -0.4 is 5.73 Å². The van der Waals surface area contributed by atoms with E-state index in [1.54, 1.807) is 4.68 Å². The third kappa shape index (κ3) is 2.95. The molecule has 1 aliphatic carbocycles. The lowest BCUT2D eigenvalue weighted by molar-refractivity contribution is -0.129. The lowest BCUT2D eigenvalue weighted by atomic mass is 9.70. The average Bonchev–Trinajstić information content (AvgIpc) is 3.05. The van der Waals surface area contributed by atoms with Gasteiger partial charge in [0.25, 0.3) is 0 Å². The third-order valence-electron chi connectivity index (χ3n) is 5.36. The molecule has 23 heavy (non-hydrogen) atoms. The molecule has 2 heterocycles. The molecule has 1 aliphatic heterocycles. The number of primary amides is 1. The summed E-state index contributed by atoms with van der Waals surface area (Å²) in [4.78, 5) is 12.0. The van der Waals surface area contributed by atoms with Gasteiger partial charge in [0.05, 0.1) is 23.4 Å². The number of aromatic nitrogens is 3. The Morgan fingerprint density at radius 3 is 2.61 bits per heavy atom. The number of carbonyl (C=O) groups excluding carboxylic acids is 1. The van der Waals surface area contributed by atoms with E-state index in [0.29, 0.717) is 32.5 Å². The van der Waals surface area contributed by atoms with E-state index in [-0.39, 0.29) is 5.91 Å². The van der Waals surface area contributed by atoms with Gasteiger partial charge >= 0.3 is 0 Å². The summed E-state index contributed by atoms with van der Waals surface area (Å²) in [5.74, 6) is -0.243. The summed E-state index contributed by atoms with van der Waals surface area (Å²) in [6.07, 6.45) is 8.36. The van der Waals surface area contributed by atoms with Crippen molar-refractivity contribution in [2.45, 2.75) is 56.9 Å². The highest BCUT2D eigenvalue weighted by Crippen LogP contribution is 2.39. The maximum Gasteiger partial charge on any atom is 0.224 e. The molecule has 0 atom stereocenters. The predicted molar refractivity (Wildman–Crippen MR) is 82.1 cm³/mol. The molecule has 0 radical (unpaired) electrons. The van der Waals surface area contributed by atoms with E-state index in [0.717, 1.165) is 37.8 Å². The SMILES string of the molecule is N#CC1(n2cc(CC3(C(N)=O)CCCCC3)nn2)CCOCC1. The van der Waals surface area contributed by atoms with Crippen LogP contribution in [0.15, 0.2) is 6.20 Å². The number of amides is 1. The molecule has 7 nitrogen and oxygen atoms in total. The van der Waals surface area contributed by atoms with Gasteiger partial charge in [0.1, 0.15) is 0 Å². The molecule has 0 aromatic carbocycles. The van der Waals surface area contributed by atoms with Gasteiger partial charge in [0.15, 0.2) is 5.54 Å². The highest BCUT2D eigenvalue weighted by atomic mass is 16.5. The molecule has 0 unspecified atom stereocenters.